The van der Waals surface area contributed by atoms with Crippen molar-refractivity contribution in [3.8, 4) is 40.1 Å². The number of nitrogens with one attached hydrogen (secondary N) is 1. The van der Waals surface area contributed by atoms with Gasteiger partial charge in [-0.05, 0) is 59.7 Å². The summed E-state index contributed by atoms with van der Waals surface area (Å²) in [5.41, 5.74) is 6.03. The van der Waals surface area contributed by atoms with Crippen LogP contribution in [0.1, 0.15) is 11.1 Å². The molecule has 44 heavy (non-hydrogen) atoms. The van der Waals surface area contributed by atoms with Gasteiger partial charge >= 0.3 is 0 Å². The van der Waals surface area contributed by atoms with Gasteiger partial charge in [-0.25, -0.2) is 5.43 Å². The van der Waals surface area contributed by atoms with Gasteiger partial charge in [-0.2, -0.15) is 5.10 Å². The van der Waals surface area contributed by atoms with Crippen molar-refractivity contribution in [2.75, 3.05) is 27.1 Å². The number of para-hydroxylation sites is 1. The molecule has 1 heterocycles. The molecular weight excluding hydrogens is 578 g/mol. The molecular formula is C33H31N5O5S. The molecule has 1 amide bonds. The number of methoxy groups -OCH3 is 3. The Morgan fingerprint density at radius 2 is 1.52 bits per heavy atom. The van der Waals surface area contributed by atoms with Crippen LogP contribution in [0.4, 0.5) is 0 Å². The molecule has 0 aliphatic rings. The summed E-state index contributed by atoms with van der Waals surface area (Å²) >= 11 is 1.24. The summed E-state index contributed by atoms with van der Waals surface area (Å²) in [5, 5.41) is 13.5. The zero-order chi connectivity index (χ0) is 30.7. The van der Waals surface area contributed by atoms with Crippen LogP contribution in [0.5, 0.6) is 23.0 Å². The molecule has 0 radical (unpaired) electrons. The van der Waals surface area contributed by atoms with E-state index in [0.717, 1.165) is 22.6 Å². The molecule has 0 spiro atoms. The van der Waals surface area contributed by atoms with Gasteiger partial charge in [-0.15, -0.1) is 10.2 Å². The lowest BCUT2D eigenvalue weighted by Gasteiger charge is -2.15. The van der Waals surface area contributed by atoms with E-state index in [-0.39, 0.29) is 11.7 Å². The number of carbonyl (C=O) groups is 1. The van der Waals surface area contributed by atoms with Gasteiger partial charge in [0.15, 0.2) is 22.5 Å². The van der Waals surface area contributed by atoms with Gasteiger partial charge in [0.25, 0.3) is 5.91 Å². The topological polar surface area (TPSA) is 109 Å². The second-order valence-corrected chi connectivity index (χ2v) is 10.3. The van der Waals surface area contributed by atoms with Crippen molar-refractivity contribution in [2.24, 2.45) is 5.10 Å². The molecule has 0 fully saturated rings. The van der Waals surface area contributed by atoms with Crippen LogP contribution in [0, 0.1) is 0 Å². The standard InChI is InChI=1S/C33H31N5O5S/c1-40-28-18-25(19-29(41-2)31(28)42-3)32-36-37-33(38(32)26-12-8-5-9-13-26)44-22-30(39)35-34-20-23-14-16-27(17-15-23)43-21-24-10-6-4-7-11-24/h4-20H,21-22H2,1-3H3,(H,35,39). The molecule has 11 heteroatoms. The zero-order valence-electron chi connectivity index (χ0n) is 24.5. The highest BCUT2D eigenvalue weighted by Crippen LogP contribution is 2.41. The minimum Gasteiger partial charge on any atom is -0.493 e. The molecule has 224 valence electrons. The molecule has 0 bridgehead atoms. The van der Waals surface area contributed by atoms with E-state index >= 15 is 0 Å². The normalized spacial score (nSPS) is 10.9. The van der Waals surface area contributed by atoms with Crippen molar-refractivity contribution in [3.05, 3.63) is 108 Å². The first-order valence-electron chi connectivity index (χ1n) is 13.6. The fraction of sp³-hybridized carbons (Fsp3) is 0.152. The molecule has 10 nitrogen and oxygen atoms in total. The van der Waals surface area contributed by atoms with Crippen LogP contribution in [0.3, 0.4) is 0 Å². The van der Waals surface area contributed by atoms with Gasteiger partial charge in [0.05, 0.1) is 33.3 Å². The highest BCUT2D eigenvalue weighted by Gasteiger charge is 2.21. The Labute approximate surface area is 259 Å². The summed E-state index contributed by atoms with van der Waals surface area (Å²) in [7, 11) is 4.67. The number of nitrogens with zero attached hydrogens (tertiary/aromatic N) is 4. The third kappa shape index (κ3) is 7.37. The van der Waals surface area contributed by atoms with E-state index < -0.39 is 0 Å². The van der Waals surface area contributed by atoms with Crippen molar-refractivity contribution in [1.82, 2.24) is 20.2 Å². The number of rotatable bonds is 13. The molecule has 0 atom stereocenters. The van der Waals surface area contributed by atoms with E-state index in [0.29, 0.717) is 40.4 Å². The average molecular weight is 610 g/mol. The van der Waals surface area contributed by atoms with Crippen molar-refractivity contribution >= 4 is 23.9 Å². The van der Waals surface area contributed by atoms with Crippen LogP contribution in [0.25, 0.3) is 17.1 Å². The molecule has 1 aromatic heterocycles. The number of hydrogen-bond acceptors (Lipinski definition) is 9. The van der Waals surface area contributed by atoms with E-state index in [4.69, 9.17) is 18.9 Å². The maximum atomic E-state index is 12.7. The Balaban J connectivity index is 1.25. The number of amides is 1. The average Bonchev–Trinajstić information content (AvgIpc) is 3.51. The van der Waals surface area contributed by atoms with Crippen molar-refractivity contribution in [3.63, 3.8) is 0 Å². The number of aromatic nitrogens is 3. The first-order chi connectivity index (χ1) is 21.6. The third-order valence-electron chi connectivity index (χ3n) is 6.43. The highest BCUT2D eigenvalue weighted by atomic mass is 32.2. The quantitative estimate of drug-likeness (QED) is 0.102. The Morgan fingerprint density at radius 3 is 2.16 bits per heavy atom. The largest absolute Gasteiger partial charge is 0.493 e. The number of carbonyl (C=O) groups excluding carboxylic acids is 1. The fourth-order valence-electron chi connectivity index (χ4n) is 4.30. The fourth-order valence-corrected chi connectivity index (χ4v) is 5.05. The lowest BCUT2D eigenvalue weighted by molar-refractivity contribution is -0.118. The number of hydrazone groups is 1. The monoisotopic (exact) mass is 609 g/mol. The lowest BCUT2D eigenvalue weighted by atomic mass is 10.1. The predicted octanol–water partition coefficient (Wildman–Crippen LogP) is 5.78. The summed E-state index contributed by atoms with van der Waals surface area (Å²) in [6, 6.07) is 30.7. The van der Waals surface area contributed by atoms with Gasteiger partial charge in [0.2, 0.25) is 5.75 Å². The number of thioether (sulfide) groups is 1. The van der Waals surface area contributed by atoms with E-state index in [1.165, 1.54) is 11.8 Å². The van der Waals surface area contributed by atoms with E-state index in [2.05, 4.69) is 20.7 Å². The summed E-state index contributed by atoms with van der Waals surface area (Å²) in [6.45, 7) is 0.490. The molecule has 0 aliphatic carbocycles. The number of ether oxygens (including phenoxy) is 4. The Hall–Kier alpha value is -5.29. The first kappa shape index (κ1) is 30.2. The Kier molecular flexibility index (Phi) is 10.1. The van der Waals surface area contributed by atoms with Crippen LogP contribution in [0.2, 0.25) is 0 Å². The number of benzene rings is 4. The smallest absolute Gasteiger partial charge is 0.250 e. The van der Waals surface area contributed by atoms with Gasteiger partial charge in [0, 0.05) is 11.3 Å². The van der Waals surface area contributed by atoms with Gasteiger partial charge in [0.1, 0.15) is 12.4 Å². The van der Waals surface area contributed by atoms with Crippen LogP contribution in [0.15, 0.2) is 107 Å². The molecule has 0 unspecified atom stereocenters. The van der Waals surface area contributed by atoms with Gasteiger partial charge in [-0.1, -0.05) is 60.3 Å². The molecule has 0 aliphatic heterocycles. The predicted molar refractivity (Wildman–Crippen MR) is 170 cm³/mol. The lowest BCUT2D eigenvalue weighted by Crippen LogP contribution is -2.20. The van der Waals surface area contributed by atoms with E-state index in [9.17, 15) is 4.79 Å². The van der Waals surface area contributed by atoms with Crippen molar-refractivity contribution in [2.45, 2.75) is 11.8 Å². The second kappa shape index (κ2) is 14.7. The minimum absolute atomic E-state index is 0.0732. The van der Waals surface area contributed by atoms with E-state index in [1.54, 1.807) is 27.5 Å². The summed E-state index contributed by atoms with van der Waals surface area (Å²) in [6.07, 6.45) is 1.58. The third-order valence-corrected chi connectivity index (χ3v) is 7.36. The Morgan fingerprint density at radius 1 is 0.864 bits per heavy atom. The Bertz CT molecular complexity index is 1690. The van der Waals surface area contributed by atoms with Gasteiger partial charge in [-0.3, -0.25) is 9.36 Å². The van der Waals surface area contributed by atoms with Gasteiger partial charge < -0.3 is 18.9 Å². The SMILES string of the molecule is COc1cc(-c2nnc(SCC(=O)NN=Cc3ccc(OCc4ccccc4)cc3)n2-c2ccccc2)cc(OC)c1OC. The van der Waals surface area contributed by atoms with Crippen LogP contribution < -0.4 is 24.4 Å². The minimum atomic E-state index is -0.286. The van der Waals surface area contributed by atoms with E-state index in [1.807, 2.05) is 102 Å². The molecule has 5 aromatic rings. The zero-order valence-corrected chi connectivity index (χ0v) is 25.3. The molecule has 1 N–H and O–H groups in total. The maximum absolute atomic E-state index is 12.7. The van der Waals surface area contributed by atoms with Crippen molar-refractivity contribution < 1.29 is 23.7 Å². The van der Waals surface area contributed by atoms with Crippen LogP contribution in [-0.4, -0.2) is 54.0 Å². The molecule has 5 rings (SSSR count). The molecule has 4 aromatic carbocycles. The molecule has 0 saturated carbocycles. The van der Waals surface area contributed by atoms with Crippen LogP contribution in [-0.2, 0) is 11.4 Å². The van der Waals surface area contributed by atoms with Crippen LogP contribution >= 0.6 is 11.8 Å². The summed E-state index contributed by atoms with van der Waals surface area (Å²) in [4.78, 5) is 12.7. The summed E-state index contributed by atoms with van der Waals surface area (Å²) in [5.74, 6) is 2.54. The number of hydrogen-bond donors (Lipinski definition) is 1. The molecule has 0 saturated heterocycles. The first-order valence-corrected chi connectivity index (χ1v) is 14.6. The highest BCUT2D eigenvalue weighted by molar-refractivity contribution is 7.99. The second-order valence-electron chi connectivity index (χ2n) is 9.32. The maximum Gasteiger partial charge on any atom is 0.250 e. The summed E-state index contributed by atoms with van der Waals surface area (Å²) < 4.78 is 24.2. The van der Waals surface area contributed by atoms with Crippen molar-refractivity contribution in [1.29, 1.82) is 0 Å².